The third kappa shape index (κ3) is 4.17. The van der Waals surface area contributed by atoms with Crippen LogP contribution in [0.1, 0.15) is 43.5 Å². The summed E-state index contributed by atoms with van der Waals surface area (Å²) in [4.78, 5) is 6.46. The molecule has 2 aromatic rings. The molecule has 0 aliphatic rings. The highest BCUT2D eigenvalue weighted by Gasteiger charge is 2.19. The van der Waals surface area contributed by atoms with Crippen molar-refractivity contribution in [1.82, 2.24) is 9.88 Å². The van der Waals surface area contributed by atoms with Crippen molar-refractivity contribution in [3.63, 3.8) is 0 Å². The second-order valence-corrected chi connectivity index (χ2v) is 6.35. The van der Waals surface area contributed by atoms with Crippen molar-refractivity contribution in [3.05, 3.63) is 53.2 Å². The molecule has 0 bridgehead atoms. The lowest BCUT2D eigenvalue weighted by Gasteiger charge is -2.16. The van der Waals surface area contributed by atoms with E-state index in [-0.39, 0.29) is 5.41 Å². The number of hydrogen-bond acceptors (Lipinski definition) is 4. The van der Waals surface area contributed by atoms with Crippen LogP contribution in [-0.2, 0) is 18.5 Å². The van der Waals surface area contributed by atoms with Crippen molar-refractivity contribution in [2.45, 2.75) is 39.3 Å². The van der Waals surface area contributed by atoms with Crippen molar-refractivity contribution >= 4 is 0 Å². The molecular formula is C17H21N3O. The van der Waals surface area contributed by atoms with Gasteiger partial charge in [0, 0.05) is 12.0 Å². The van der Waals surface area contributed by atoms with Crippen LogP contribution >= 0.6 is 0 Å². The highest BCUT2D eigenvalue weighted by molar-refractivity contribution is 5.32. The molecule has 2 rings (SSSR count). The van der Waals surface area contributed by atoms with Gasteiger partial charge in [-0.2, -0.15) is 5.26 Å². The molecule has 21 heavy (non-hydrogen) atoms. The molecule has 1 heterocycles. The SMILES string of the molecule is CN(Cc1cccc(C#N)c1)Cc1ncc(C(C)(C)C)o1. The highest BCUT2D eigenvalue weighted by atomic mass is 16.4. The molecule has 4 nitrogen and oxygen atoms in total. The maximum Gasteiger partial charge on any atom is 0.208 e. The van der Waals surface area contributed by atoms with Crippen LogP contribution in [0, 0.1) is 11.3 Å². The summed E-state index contributed by atoms with van der Waals surface area (Å²) in [7, 11) is 2.01. The van der Waals surface area contributed by atoms with Gasteiger partial charge in [0.05, 0.1) is 24.4 Å². The van der Waals surface area contributed by atoms with E-state index < -0.39 is 0 Å². The fraction of sp³-hybridized carbons (Fsp3) is 0.412. The normalized spacial score (nSPS) is 11.6. The number of aromatic nitrogens is 1. The zero-order chi connectivity index (χ0) is 15.5. The van der Waals surface area contributed by atoms with Crippen LogP contribution in [0.3, 0.4) is 0 Å². The summed E-state index contributed by atoms with van der Waals surface area (Å²) in [6, 6.07) is 9.81. The van der Waals surface area contributed by atoms with Crippen LogP contribution in [0.25, 0.3) is 0 Å². The summed E-state index contributed by atoms with van der Waals surface area (Å²) in [5.74, 6) is 1.62. The molecule has 0 amide bonds. The fourth-order valence-corrected chi connectivity index (χ4v) is 2.07. The van der Waals surface area contributed by atoms with E-state index in [2.05, 4.69) is 36.7 Å². The molecule has 1 aromatic heterocycles. The first-order chi connectivity index (χ1) is 9.88. The number of oxazole rings is 1. The summed E-state index contributed by atoms with van der Waals surface area (Å²) in [6.45, 7) is 7.72. The lowest BCUT2D eigenvalue weighted by Crippen LogP contribution is -2.17. The monoisotopic (exact) mass is 283 g/mol. The van der Waals surface area contributed by atoms with Crippen molar-refractivity contribution in [2.75, 3.05) is 7.05 Å². The minimum absolute atomic E-state index is 0.0229. The van der Waals surface area contributed by atoms with E-state index in [1.54, 1.807) is 6.20 Å². The van der Waals surface area contributed by atoms with Crippen molar-refractivity contribution < 1.29 is 4.42 Å². The summed E-state index contributed by atoms with van der Waals surface area (Å²) >= 11 is 0. The first kappa shape index (κ1) is 15.3. The minimum Gasteiger partial charge on any atom is -0.444 e. The molecule has 0 aliphatic carbocycles. The quantitative estimate of drug-likeness (QED) is 0.862. The predicted molar refractivity (Wildman–Crippen MR) is 81.5 cm³/mol. The zero-order valence-electron chi connectivity index (χ0n) is 13.1. The van der Waals surface area contributed by atoms with Gasteiger partial charge in [-0.25, -0.2) is 4.98 Å². The van der Waals surface area contributed by atoms with E-state index in [0.29, 0.717) is 12.1 Å². The van der Waals surface area contributed by atoms with Gasteiger partial charge in [0.2, 0.25) is 5.89 Å². The molecule has 0 unspecified atom stereocenters. The average Bonchev–Trinajstić information content (AvgIpc) is 2.87. The number of nitriles is 1. The average molecular weight is 283 g/mol. The Balaban J connectivity index is 2.00. The summed E-state index contributed by atoms with van der Waals surface area (Å²) in [5, 5.41) is 8.92. The Morgan fingerprint density at radius 3 is 2.67 bits per heavy atom. The molecule has 0 radical (unpaired) electrons. The van der Waals surface area contributed by atoms with E-state index in [1.165, 1.54) is 0 Å². The van der Waals surface area contributed by atoms with Crippen LogP contribution < -0.4 is 0 Å². The van der Waals surface area contributed by atoms with E-state index >= 15 is 0 Å². The van der Waals surface area contributed by atoms with Gasteiger partial charge in [-0.1, -0.05) is 32.9 Å². The second-order valence-electron chi connectivity index (χ2n) is 6.35. The molecule has 0 N–H and O–H groups in total. The van der Waals surface area contributed by atoms with Gasteiger partial charge in [-0.3, -0.25) is 4.90 Å². The Morgan fingerprint density at radius 1 is 1.29 bits per heavy atom. The number of benzene rings is 1. The molecule has 0 aliphatic heterocycles. The molecule has 0 saturated heterocycles. The van der Waals surface area contributed by atoms with Crippen LogP contribution in [0.2, 0.25) is 0 Å². The summed E-state index contributed by atoms with van der Waals surface area (Å²) in [6.07, 6.45) is 1.81. The van der Waals surface area contributed by atoms with Gasteiger partial charge in [0.25, 0.3) is 0 Å². The van der Waals surface area contributed by atoms with Gasteiger partial charge < -0.3 is 4.42 Å². The molecule has 0 saturated carbocycles. The van der Waals surface area contributed by atoms with Gasteiger partial charge in [-0.15, -0.1) is 0 Å². The van der Waals surface area contributed by atoms with E-state index in [1.807, 2.05) is 31.3 Å². The Morgan fingerprint density at radius 2 is 2.05 bits per heavy atom. The van der Waals surface area contributed by atoms with Crippen LogP contribution in [0.15, 0.2) is 34.9 Å². The smallest absolute Gasteiger partial charge is 0.208 e. The Hall–Kier alpha value is -2.12. The number of rotatable bonds is 4. The maximum absolute atomic E-state index is 8.92. The van der Waals surface area contributed by atoms with Crippen LogP contribution in [0.4, 0.5) is 0 Å². The molecular weight excluding hydrogens is 262 g/mol. The number of hydrogen-bond donors (Lipinski definition) is 0. The van der Waals surface area contributed by atoms with Gasteiger partial charge in [-0.05, 0) is 24.7 Å². The van der Waals surface area contributed by atoms with E-state index in [9.17, 15) is 0 Å². The van der Waals surface area contributed by atoms with Gasteiger partial charge >= 0.3 is 0 Å². The minimum atomic E-state index is -0.0229. The Labute approximate surface area is 126 Å². The standard InChI is InChI=1S/C17H21N3O/c1-17(2,3)15-10-19-16(21-15)12-20(4)11-14-7-5-6-13(8-14)9-18/h5-8,10H,11-12H2,1-4H3. The lowest BCUT2D eigenvalue weighted by molar-refractivity contribution is 0.269. The molecule has 1 aromatic carbocycles. The molecule has 0 fully saturated rings. The van der Waals surface area contributed by atoms with E-state index in [0.717, 1.165) is 23.8 Å². The van der Waals surface area contributed by atoms with Crippen molar-refractivity contribution in [1.29, 1.82) is 5.26 Å². The number of nitrogens with zero attached hydrogens (tertiary/aromatic N) is 3. The molecule has 110 valence electrons. The molecule has 0 spiro atoms. The maximum atomic E-state index is 8.92. The first-order valence-corrected chi connectivity index (χ1v) is 7.01. The molecule has 4 heteroatoms. The third-order valence-electron chi connectivity index (χ3n) is 3.21. The summed E-state index contributed by atoms with van der Waals surface area (Å²) in [5.41, 5.74) is 1.77. The van der Waals surface area contributed by atoms with Gasteiger partial charge in [0.1, 0.15) is 5.76 Å². The Bertz CT molecular complexity index is 647. The third-order valence-corrected chi connectivity index (χ3v) is 3.21. The predicted octanol–water partition coefficient (Wildman–Crippen LogP) is 3.48. The summed E-state index contributed by atoms with van der Waals surface area (Å²) < 4.78 is 5.80. The lowest BCUT2D eigenvalue weighted by atomic mass is 9.94. The largest absolute Gasteiger partial charge is 0.444 e. The second kappa shape index (κ2) is 6.11. The Kier molecular flexibility index (Phi) is 4.44. The fourth-order valence-electron chi connectivity index (χ4n) is 2.07. The van der Waals surface area contributed by atoms with Crippen LogP contribution in [0.5, 0.6) is 0 Å². The van der Waals surface area contributed by atoms with Gasteiger partial charge in [0.15, 0.2) is 0 Å². The van der Waals surface area contributed by atoms with E-state index in [4.69, 9.17) is 9.68 Å². The van der Waals surface area contributed by atoms with Crippen LogP contribution in [-0.4, -0.2) is 16.9 Å². The van der Waals surface area contributed by atoms with Crippen molar-refractivity contribution in [3.8, 4) is 6.07 Å². The zero-order valence-corrected chi connectivity index (χ0v) is 13.1. The van der Waals surface area contributed by atoms with Crippen molar-refractivity contribution in [2.24, 2.45) is 0 Å². The first-order valence-electron chi connectivity index (χ1n) is 7.01. The molecule has 0 atom stereocenters. The topological polar surface area (TPSA) is 53.1 Å². The highest BCUT2D eigenvalue weighted by Crippen LogP contribution is 2.23.